The lowest BCUT2D eigenvalue weighted by molar-refractivity contribution is 0.462. The van der Waals surface area contributed by atoms with Crippen molar-refractivity contribution in [2.75, 3.05) is 0 Å². The zero-order chi connectivity index (χ0) is 12.7. The van der Waals surface area contributed by atoms with Crippen LogP contribution in [0.25, 0.3) is 11.4 Å². The molecule has 0 bridgehead atoms. The van der Waals surface area contributed by atoms with Crippen LogP contribution in [-0.4, -0.2) is 15.6 Å². The molecule has 94 valence electrons. The number of rotatable bonds is 1. The summed E-state index contributed by atoms with van der Waals surface area (Å²) in [6, 6.07) is 8.67. The van der Waals surface area contributed by atoms with Gasteiger partial charge in [0.15, 0.2) is 0 Å². The minimum absolute atomic E-state index is 0.258. The third kappa shape index (κ3) is 1.75. The zero-order valence-electron chi connectivity index (χ0n) is 11.0. The number of imidazole rings is 1. The molecular weight excluding hydrogens is 222 g/mol. The first-order valence-corrected chi connectivity index (χ1v) is 6.54. The predicted octanol–water partition coefficient (Wildman–Crippen LogP) is 2.44. The van der Waals surface area contributed by atoms with Crippen LogP contribution in [-0.2, 0) is 13.0 Å². The molecule has 1 aromatic carbocycles. The van der Waals surface area contributed by atoms with Gasteiger partial charge in [0.25, 0.3) is 0 Å². The molecule has 1 unspecified atom stereocenters. The summed E-state index contributed by atoms with van der Waals surface area (Å²) in [4.78, 5) is 4.77. The molecule has 0 aliphatic carbocycles. The Morgan fingerprint density at radius 1 is 1.28 bits per heavy atom. The van der Waals surface area contributed by atoms with Gasteiger partial charge >= 0.3 is 0 Å². The van der Waals surface area contributed by atoms with Crippen molar-refractivity contribution in [3.05, 3.63) is 41.2 Å². The molecule has 0 saturated carbocycles. The molecule has 2 aromatic rings. The zero-order valence-corrected chi connectivity index (χ0v) is 11.0. The fourth-order valence-corrected chi connectivity index (χ4v) is 2.80. The smallest absolute Gasteiger partial charge is 0.140 e. The summed E-state index contributed by atoms with van der Waals surface area (Å²) in [5, 5.41) is 0. The Hall–Kier alpha value is -1.61. The largest absolute Gasteiger partial charge is 0.326 e. The van der Waals surface area contributed by atoms with Gasteiger partial charge in [0, 0.05) is 23.8 Å². The van der Waals surface area contributed by atoms with Crippen LogP contribution in [0.2, 0.25) is 0 Å². The number of nitrogens with two attached hydrogens (primary N) is 1. The topological polar surface area (TPSA) is 43.8 Å². The van der Waals surface area contributed by atoms with Crippen molar-refractivity contribution < 1.29 is 0 Å². The van der Waals surface area contributed by atoms with E-state index in [1.54, 1.807) is 0 Å². The normalized spacial score (nSPS) is 18.7. The summed E-state index contributed by atoms with van der Waals surface area (Å²) in [7, 11) is 0. The van der Waals surface area contributed by atoms with E-state index < -0.39 is 0 Å². The van der Waals surface area contributed by atoms with Crippen molar-refractivity contribution in [2.45, 2.75) is 39.3 Å². The third-order valence-electron chi connectivity index (χ3n) is 3.83. The Bertz CT molecular complexity index is 583. The van der Waals surface area contributed by atoms with Crippen molar-refractivity contribution in [3.8, 4) is 11.4 Å². The van der Waals surface area contributed by atoms with Crippen LogP contribution in [0.5, 0.6) is 0 Å². The highest BCUT2D eigenvalue weighted by atomic mass is 15.1. The summed E-state index contributed by atoms with van der Waals surface area (Å²) in [5.41, 5.74) is 11.1. The molecule has 1 aromatic heterocycles. The van der Waals surface area contributed by atoms with Crippen molar-refractivity contribution in [2.24, 2.45) is 5.73 Å². The van der Waals surface area contributed by atoms with Gasteiger partial charge in [-0.1, -0.05) is 24.3 Å². The summed E-state index contributed by atoms with van der Waals surface area (Å²) >= 11 is 0. The van der Waals surface area contributed by atoms with Gasteiger partial charge in [-0.15, -0.1) is 0 Å². The summed E-state index contributed by atoms with van der Waals surface area (Å²) in [6.07, 6.45) is 2.12. The van der Waals surface area contributed by atoms with Crippen LogP contribution in [0.1, 0.15) is 23.4 Å². The van der Waals surface area contributed by atoms with Crippen molar-refractivity contribution in [3.63, 3.8) is 0 Å². The van der Waals surface area contributed by atoms with E-state index in [1.807, 2.05) is 0 Å². The lowest BCUT2D eigenvalue weighted by Crippen LogP contribution is -2.32. The Morgan fingerprint density at radius 2 is 2.06 bits per heavy atom. The van der Waals surface area contributed by atoms with Crippen LogP contribution in [0.4, 0.5) is 0 Å². The second-order valence-electron chi connectivity index (χ2n) is 5.19. The van der Waals surface area contributed by atoms with Crippen LogP contribution in [0.3, 0.4) is 0 Å². The predicted molar refractivity (Wildman–Crippen MR) is 73.4 cm³/mol. The lowest BCUT2D eigenvalue weighted by Gasteiger charge is -2.23. The summed E-state index contributed by atoms with van der Waals surface area (Å²) in [5.74, 6) is 1.08. The van der Waals surface area contributed by atoms with E-state index >= 15 is 0 Å². The van der Waals surface area contributed by atoms with Crippen molar-refractivity contribution in [1.29, 1.82) is 0 Å². The van der Waals surface area contributed by atoms with E-state index in [1.165, 1.54) is 16.8 Å². The average Bonchev–Trinajstić information content (AvgIpc) is 2.67. The van der Waals surface area contributed by atoms with Crippen LogP contribution in [0.15, 0.2) is 24.3 Å². The number of hydrogen-bond donors (Lipinski definition) is 1. The number of nitrogens with zero attached hydrogens (tertiary/aromatic N) is 2. The Morgan fingerprint density at radius 3 is 2.83 bits per heavy atom. The molecule has 0 radical (unpaired) electrons. The fourth-order valence-electron chi connectivity index (χ4n) is 2.80. The van der Waals surface area contributed by atoms with Gasteiger partial charge in [-0.2, -0.15) is 0 Å². The average molecular weight is 241 g/mol. The standard InChI is InChI=1S/C15H19N3/c1-10-5-3-4-6-13(10)15-17-11(2)14-8-7-12(16)9-18(14)15/h3-6,12H,7-9,16H2,1-2H3. The van der Waals surface area contributed by atoms with Crippen LogP contribution in [0, 0.1) is 13.8 Å². The summed E-state index contributed by atoms with van der Waals surface area (Å²) < 4.78 is 2.31. The molecule has 3 rings (SSSR count). The number of aryl methyl sites for hydroxylation is 2. The first-order chi connectivity index (χ1) is 8.66. The van der Waals surface area contributed by atoms with Gasteiger partial charge < -0.3 is 10.3 Å². The second-order valence-corrected chi connectivity index (χ2v) is 5.19. The highest BCUT2D eigenvalue weighted by Gasteiger charge is 2.22. The Labute approximate surface area is 108 Å². The molecule has 2 N–H and O–H groups in total. The molecule has 0 amide bonds. The molecule has 0 saturated heterocycles. The van der Waals surface area contributed by atoms with Crippen LogP contribution >= 0.6 is 0 Å². The molecule has 2 heterocycles. The maximum atomic E-state index is 6.10. The maximum Gasteiger partial charge on any atom is 0.140 e. The second kappa shape index (κ2) is 4.25. The highest BCUT2D eigenvalue weighted by Crippen LogP contribution is 2.28. The SMILES string of the molecule is Cc1ccccc1-c1nc(C)c2n1CC(N)CC2. The Balaban J connectivity index is 2.17. The minimum Gasteiger partial charge on any atom is -0.326 e. The molecule has 1 aliphatic heterocycles. The number of benzene rings is 1. The van der Waals surface area contributed by atoms with Gasteiger partial charge in [0.2, 0.25) is 0 Å². The number of hydrogen-bond acceptors (Lipinski definition) is 2. The van der Waals surface area contributed by atoms with Gasteiger partial charge in [-0.05, 0) is 32.3 Å². The van der Waals surface area contributed by atoms with E-state index in [4.69, 9.17) is 10.7 Å². The maximum absolute atomic E-state index is 6.10. The fraction of sp³-hybridized carbons (Fsp3) is 0.400. The molecular formula is C15H19N3. The number of aromatic nitrogens is 2. The van der Waals surface area contributed by atoms with Crippen molar-refractivity contribution >= 4 is 0 Å². The highest BCUT2D eigenvalue weighted by molar-refractivity contribution is 5.61. The van der Waals surface area contributed by atoms with Crippen LogP contribution < -0.4 is 5.73 Å². The van der Waals surface area contributed by atoms with E-state index in [9.17, 15) is 0 Å². The van der Waals surface area contributed by atoms with Crippen molar-refractivity contribution in [1.82, 2.24) is 9.55 Å². The summed E-state index contributed by atoms with van der Waals surface area (Å²) in [6.45, 7) is 5.12. The van der Waals surface area contributed by atoms with E-state index in [2.05, 4.69) is 42.7 Å². The first-order valence-electron chi connectivity index (χ1n) is 6.54. The van der Waals surface area contributed by atoms with E-state index in [0.29, 0.717) is 0 Å². The Kier molecular flexibility index (Phi) is 2.71. The third-order valence-corrected chi connectivity index (χ3v) is 3.83. The minimum atomic E-state index is 0.258. The van der Waals surface area contributed by atoms with Gasteiger partial charge in [-0.25, -0.2) is 4.98 Å². The molecule has 0 spiro atoms. The lowest BCUT2D eigenvalue weighted by atomic mass is 10.0. The molecule has 3 heteroatoms. The first kappa shape index (κ1) is 11.5. The van der Waals surface area contributed by atoms with Gasteiger partial charge in [0.05, 0.1) is 5.69 Å². The van der Waals surface area contributed by atoms with Gasteiger partial charge in [-0.3, -0.25) is 0 Å². The quantitative estimate of drug-likeness (QED) is 0.833. The monoisotopic (exact) mass is 241 g/mol. The molecule has 1 atom stereocenters. The molecule has 1 aliphatic rings. The van der Waals surface area contributed by atoms with E-state index in [0.717, 1.165) is 30.9 Å². The molecule has 0 fully saturated rings. The number of fused-ring (bicyclic) bond motifs is 1. The van der Waals surface area contributed by atoms with Gasteiger partial charge in [0.1, 0.15) is 5.82 Å². The van der Waals surface area contributed by atoms with E-state index in [-0.39, 0.29) is 6.04 Å². The molecule has 3 nitrogen and oxygen atoms in total. The molecule has 18 heavy (non-hydrogen) atoms.